The summed E-state index contributed by atoms with van der Waals surface area (Å²) in [7, 11) is -3.54. The molecular formula is C11H20N4O2S. The van der Waals surface area contributed by atoms with Crippen LogP contribution in [0.5, 0.6) is 0 Å². The molecule has 1 atom stereocenters. The number of hydrogen-bond donors (Lipinski definition) is 2. The van der Waals surface area contributed by atoms with Crippen molar-refractivity contribution < 1.29 is 8.42 Å². The second kappa shape index (κ2) is 4.64. The summed E-state index contributed by atoms with van der Waals surface area (Å²) in [6, 6.07) is 0. The zero-order chi connectivity index (χ0) is 13.4. The van der Waals surface area contributed by atoms with Crippen molar-refractivity contribution in [3.05, 3.63) is 12.0 Å². The Hall–Kier alpha value is -0.920. The summed E-state index contributed by atoms with van der Waals surface area (Å²) in [6.45, 7) is 7.88. The number of hydrogen-bond acceptors (Lipinski definition) is 4. The van der Waals surface area contributed by atoms with E-state index in [9.17, 15) is 8.42 Å². The second-order valence-electron chi connectivity index (χ2n) is 5.01. The summed E-state index contributed by atoms with van der Waals surface area (Å²) >= 11 is 0. The maximum atomic E-state index is 12.3. The van der Waals surface area contributed by atoms with Gasteiger partial charge in [0.2, 0.25) is 0 Å². The van der Waals surface area contributed by atoms with Gasteiger partial charge in [-0.1, -0.05) is 0 Å². The lowest BCUT2D eigenvalue weighted by atomic mass is 10.0. The first-order valence-corrected chi connectivity index (χ1v) is 7.63. The molecule has 1 aromatic heterocycles. The number of rotatable bonds is 4. The molecule has 1 aliphatic rings. The first-order valence-electron chi connectivity index (χ1n) is 6.15. The van der Waals surface area contributed by atoms with E-state index in [1.54, 1.807) is 13.1 Å². The van der Waals surface area contributed by atoms with Crippen LogP contribution in [0.1, 0.15) is 26.1 Å². The summed E-state index contributed by atoms with van der Waals surface area (Å²) in [5.41, 5.74) is -0.414. The van der Waals surface area contributed by atoms with Gasteiger partial charge in [-0.2, -0.15) is 0 Å². The van der Waals surface area contributed by atoms with Crippen molar-refractivity contribution in [3.8, 4) is 0 Å². The molecule has 102 valence electrons. The van der Waals surface area contributed by atoms with Crippen LogP contribution >= 0.6 is 0 Å². The highest BCUT2D eigenvalue weighted by Gasteiger charge is 2.34. The van der Waals surface area contributed by atoms with Crippen molar-refractivity contribution in [2.24, 2.45) is 0 Å². The second-order valence-corrected chi connectivity index (χ2v) is 6.63. The van der Waals surface area contributed by atoms with Crippen molar-refractivity contribution in [1.82, 2.24) is 19.6 Å². The van der Waals surface area contributed by atoms with E-state index in [0.29, 0.717) is 18.9 Å². The van der Waals surface area contributed by atoms with E-state index in [1.807, 2.05) is 18.4 Å². The van der Waals surface area contributed by atoms with Crippen molar-refractivity contribution in [3.63, 3.8) is 0 Å². The molecule has 0 radical (unpaired) electrons. The average Bonchev–Trinajstić information content (AvgIpc) is 2.84. The van der Waals surface area contributed by atoms with E-state index in [1.165, 1.54) is 0 Å². The summed E-state index contributed by atoms with van der Waals surface area (Å²) < 4.78 is 29.1. The topological polar surface area (TPSA) is 76.0 Å². The van der Waals surface area contributed by atoms with Gasteiger partial charge in [0.1, 0.15) is 5.82 Å². The Morgan fingerprint density at radius 3 is 2.83 bits per heavy atom. The molecule has 2 heterocycles. The minimum absolute atomic E-state index is 0.106. The number of nitrogens with one attached hydrogen (secondary N) is 2. The van der Waals surface area contributed by atoms with Gasteiger partial charge in [-0.3, -0.25) is 0 Å². The van der Waals surface area contributed by atoms with Gasteiger partial charge in [0.05, 0.1) is 0 Å². The Morgan fingerprint density at radius 1 is 1.61 bits per heavy atom. The quantitative estimate of drug-likeness (QED) is 0.823. The van der Waals surface area contributed by atoms with Crippen LogP contribution in [0.15, 0.2) is 11.2 Å². The van der Waals surface area contributed by atoms with Crippen LogP contribution in [0.2, 0.25) is 0 Å². The maximum Gasteiger partial charge on any atom is 0.260 e. The minimum atomic E-state index is -3.54. The lowest BCUT2D eigenvalue weighted by Gasteiger charge is -2.23. The molecule has 1 unspecified atom stereocenters. The van der Waals surface area contributed by atoms with Gasteiger partial charge < -0.3 is 9.88 Å². The highest BCUT2D eigenvalue weighted by atomic mass is 32.2. The first-order chi connectivity index (χ1) is 8.36. The average molecular weight is 272 g/mol. The zero-order valence-corrected chi connectivity index (χ0v) is 11.8. The Labute approximate surface area is 108 Å². The lowest BCUT2D eigenvalue weighted by molar-refractivity contribution is 0.451. The van der Waals surface area contributed by atoms with E-state index in [2.05, 4.69) is 15.0 Å². The molecule has 1 saturated heterocycles. The fourth-order valence-corrected chi connectivity index (χ4v) is 3.66. The number of aromatic nitrogens is 2. The molecule has 0 bridgehead atoms. The monoisotopic (exact) mass is 272 g/mol. The van der Waals surface area contributed by atoms with Gasteiger partial charge >= 0.3 is 0 Å². The van der Waals surface area contributed by atoms with Gasteiger partial charge in [-0.25, -0.2) is 18.1 Å². The molecule has 18 heavy (non-hydrogen) atoms. The van der Waals surface area contributed by atoms with E-state index in [0.717, 1.165) is 13.0 Å². The Balaban J connectivity index is 2.24. The number of sulfonamides is 1. The van der Waals surface area contributed by atoms with E-state index < -0.39 is 15.6 Å². The van der Waals surface area contributed by atoms with Crippen molar-refractivity contribution in [2.75, 3.05) is 13.1 Å². The van der Waals surface area contributed by atoms with Crippen molar-refractivity contribution in [1.29, 1.82) is 0 Å². The third-order valence-electron chi connectivity index (χ3n) is 3.32. The van der Waals surface area contributed by atoms with Crippen molar-refractivity contribution in [2.45, 2.75) is 44.3 Å². The SMILES string of the molecule is CCn1cc(S(=O)(=O)NC2(C)CCNC2)nc1C. The molecule has 0 saturated carbocycles. The number of nitrogens with zero attached hydrogens (tertiary/aromatic N) is 2. The minimum Gasteiger partial charge on any atom is -0.334 e. The third-order valence-corrected chi connectivity index (χ3v) is 4.83. The van der Waals surface area contributed by atoms with Crippen LogP contribution in [0.3, 0.4) is 0 Å². The summed E-state index contributed by atoms with van der Waals surface area (Å²) in [4.78, 5) is 4.12. The molecular weight excluding hydrogens is 252 g/mol. The lowest BCUT2D eigenvalue weighted by Crippen LogP contribution is -2.47. The van der Waals surface area contributed by atoms with Gasteiger partial charge in [-0.15, -0.1) is 0 Å². The number of imidazole rings is 1. The maximum absolute atomic E-state index is 12.3. The van der Waals surface area contributed by atoms with Gasteiger partial charge in [0.25, 0.3) is 10.0 Å². The molecule has 6 nitrogen and oxygen atoms in total. The van der Waals surface area contributed by atoms with Crippen LogP contribution in [0.25, 0.3) is 0 Å². The van der Waals surface area contributed by atoms with Crippen LogP contribution in [-0.4, -0.2) is 36.6 Å². The predicted octanol–water partition coefficient (Wildman–Crippen LogP) is 0.242. The molecule has 0 aromatic carbocycles. The Morgan fingerprint density at radius 2 is 2.33 bits per heavy atom. The molecule has 0 amide bonds. The summed E-state index contributed by atoms with van der Waals surface area (Å²) in [6.07, 6.45) is 2.38. The summed E-state index contributed by atoms with van der Waals surface area (Å²) in [5, 5.41) is 3.27. The largest absolute Gasteiger partial charge is 0.334 e. The van der Waals surface area contributed by atoms with Gasteiger partial charge in [0, 0.05) is 24.8 Å². The highest BCUT2D eigenvalue weighted by Crippen LogP contribution is 2.18. The standard InChI is InChI=1S/C11H20N4O2S/c1-4-15-7-10(13-9(15)2)18(16,17)14-11(3)5-6-12-8-11/h7,12,14H,4-6,8H2,1-3H3. The molecule has 7 heteroatoms. The molecule has 0 spiro atoms. The molecule has 1 fully saturated rings. The van der Waals surface area contributed by atoms with Gasteiger partial charge in [-0.05, 0) is 33.7 Å². The third kappa shape index (κ3) is 2.57. The van der Waals surface area contributed by atoms with E-state index in [4.69, 9.17) is 0 Å². The summed E-state index contributed by atoms with van der Waals surface area (Å²) in [5.74, 6) is 0.715. The van der Waals surface area contributed by atoms with Gasteiger partial charge in [0.15, 0.2) is 5.03 Å². The van der Waals surface area contributed by atoms with Crippen LogP contribution in [-0.2, 0) is 16.6 Å². The van der Waals surface area contributed by atoms with Crippen LogP contribution < -0.4 is 10.0 Å². The predicted molar refractivity (Wildman–Crippen MR) is 68.9 cm³/mol. The van der Waals surface area contributed by atoms with E-state index in [-0.39, 0.29) is 5.03 Å². The fraction of sp³-hybridized carbons (Fsp3) is 0.727. The normalized spacial score (nSPS) is 24.6. The molecule has 1 aliphatic heterocycles. The molecule has 1 aromatic rings. The highest BCUT2D eigenvalue weighted by molar-refractivity contribution is 7.89. The smallest absolute Gasteiger partial charge is 0.260 e. The van der Waals surface area contributed by atoms with E-state index >= 15 is 0 Å². The Kier molecular flexibility index (Phi) is 3.48. The van der Waals surface area contributed by atoms with Crippen LogP contribution in [0.4, 0.5) is 0 Å². The van der Waals surface area contributed by atoms with Crippen molar-refractivity contribution >= 4 is 10.0 Å². The molecule has 2 rings (SSSR count). The van der Waals surface area contributed by atoms with Crippen LogP contribution in [0, 0.1) is 6.92 Å². The molecule has 0 aliphatic carbocycles. The zero-order valence-electron chi connectivity index (χ0n) is 11.0. The molecule has 2 N–H and O–H groups in total. The number of aryl methyl sites for hydroxylation is 2. The first kappa shape index (κ1) is 13.5. The Bertz CT molecular complexity index is 529. The fourth-order valence-electron chi connectivity index (χ4n) is 2.21.